The lowest BCUT2D eigenvalue weighted by Gasteiger charge is -2.31. The lowest BCUT2D eigenvalue weighted by Crippen LogP contribution is -2.37. The fourth-order valence-electron chi connectivity index (χ4n) is 8.77. The van der Waals surface area contributed by atoms with E-state index in [4.69, 9.17) is 29.5 Å². The summed E-state index contributed by atoms with van der Waals surface area (Å²) in [5, 5.41) is 33.0. The van der Waals surface area contributed by atoms with Crippen molar-refractivity contribution in [2.45, 2.75) is 182 Å². The quantitative estimate of drug-likeness (QED) is 0.0930. The van der Waals surface area contributed by atoms with Gasteiger partial charge in [-0.25, -0.2) is 14.4 Å². The van der Waals surface area contributed by atoms with Crippen molar-refractivity contribution in [2.24, 2.45) is 47.3 Å². The molecule has 0 saturated heterocycles. The molecule has 4 aliphatic carbocycles. The Kier molecular flexibility index (Phi) is 28.3. The second kappa shape index (κ2) is 30.6. The van der Waals surface area contributed by atoms with E-state index in [1.54, 1.807) is 23.9 Å². The minimum atomic E-state index is -0.444. The maximum absolute atomic E-state index is 11.8. The molecule has 0 heterocycles. The molecule has 0 atom stereocenters. The zero-order valence-electron chi connectivity index (χ0n) is 42.6. The van der Waals surface area contributed by atoms with Gasteiger partial charge in [0, 0.05) is 59.5 Å². The van der Waals surface area contributed by atoms with Gasteiger partial charge in [-0.15, -0.1) is 0 Å². The van der Waals surface area contributed by atoms with E-state index in [1.807, 2.05) is 69.4 Å². The van der Waals surface area contributed by atoms with Gasteiger partial charge in [0.15, 0.2) is 0 Å². The topological polar surface area (TPSA) is 187 Å². The Bertz CT molecular complexity index is 1270. The highest BCUT2D eigenvalue weighted by atomic mass is 16.6. The predicted octanol–water partition coefficient (Wildman–Crippen LogP) is 8.82. The maximum Gasteiger partial charge on any atom is 0.410 e. The summed E-state index contributed by atoms with van der Waals surface area (Å²) in [5.41, 5.74) is -1.31. The molecule has 14 nitrogen and oxygen atoms in total. The summed E-state index contributed by atoms with van der Waals surface area (Å²) < 4.78 is 15.8. The Balaban J connectivity index is 0.000000433. The van der Waals surface area contributed by atoms with Crippen molar-refractivity contribution in [1.29, 1.82) is 0 Å². The largest absolute Gasteiger partial charge is 0.444 e. The Hall–Kier alpha value is -2.68. The number of carbonyl (C=O) groups excluding carboxylic acids is 4. The van der Waals surface area contributed by atoms with E-state index in [-0.39, 0.29) is 24.2 Å². The van der Waals surface area contributed by atoms with E-state index < -0.39 is 16.8 Å². The molecule has 4 aliphatic rings. The van der Waals surface area contributed by atoms with Gasteiger partial charge < -0.3 is 54.8 Å². The van der Waals surface area contributed by atoms with Gasteiger partial charge in [-0.3, -0.25) is 0 Å². The number of nitrogens with one attached hydrogen (secondary N) is 2. The Morgan fingerprint density at radius 2 is 0.797 bits per heavy atom. The molecule has 0 aromatic carbocycles. The smallest absolute Gasteiger partial charge is 0.410 e. The summed E-state index contributed by atoms with van der Waals surface area (Å²) in [6.45, 7) is 21.1. The number of alkyl carbamates (subject to hydrolysis) is 1. The zero-order chi connectivity index (χ0) is 48.5. The van der Waals surface area contributed by atoms with E-state index in [1.165, 1.54) is 25.7 Å². The van der Waals surface area contributed by atoms with Crippen LogP contribution in [0, 0.1) is 47.3 Å². The molecule has 0 spiro atoms. The van der Waals surface area contributed by atoms with Crippen LogP contribution in [0.5, 0.6) is 0 Å². The van der Waals surface area contributed by atoms with Crippen molar-refractivity contribution >= 4 is 24.6 Å². The number of ether oxygens (including phenoxy) is 3. The minimum absolute atomic E-state index is 0.230. The third kappa shape index (κ3) is 28.4. The summed E-state index contributed by atoms with van der Waals surface area (Å²) in [5.74, 6) is 4.20. The van der Waals surface area contributed by atoms with Gasteiger partial charge in [0.25, 0.3) is 0 Å². The van der Waals surface area contributed by atoms with Gasteiger partial charge in [0.1, 0.15) is 23.1 Å². The first kappa shape index (κ1) is 59.3. The molecule has 0 aliphatic heterocycles. The molecule has 0 aromatic rings. The zero-order valence-corrected chi connectivity index (χ0v) is 42.6. The molecule has 64 heavy (non-hydrogen) atoms. The first-order valence-electron chi connectivity index (χ1n) is 24.7. The molecule has 4 saturated carbocycles. The highest BCUT2D eigenvalue weighted by molar-refractivity contribution is 5.68. The van der Waals surface area contributed by atoms with Gasteiger partial charge >= 0.3 is 18.3 Å². The van der Waals surface area contributed by atoms with Gasteiger partial charge in [-0.05, 0) is 220 Å². The Labute approximate surface area is 389 Å². The van der Waals surface area contributed by atoms with Crippen LogP contribution in [0.15, 0.2) is 0 Å². The second-order valence-electron chi connectivity index (χ2n) is 22.3. The molecular weight excluding hydrogens is 817 g/mol. The van der Waals surface area contributed by atoms with Crippen LogP contribution in [0.4, 0.5) is 14.4 Å². The monoisotopic (exact) mass is 913 g/mol. The highest BCUT2D eigenvalue weighted by Crippen LogP contribution is 2.31. The molecule has 14 heteroatoms. The third-order valence-corrected chi connectivity index (χ3v) is 12.7. The second-order valence-corrected chi connectivity index (χ2v) is 22.3. The molecule has 0 bridgehead atoms. The number of aldehydes is 1. The molecule has 4 fully saturated rings. The first-order chi connectivity index (χ1) is 29.9. The molecule has 5 N–H and O–H groups in total. The molecule has 0 radical (unpaired) electrons. The molecule has 0 aromatic heterocycles. The van der Waals surface area contributed by atoms with Gasteiger partial charge in [-0.1, -0.05) is 0 Å². The average Bonchev–Trinajstić information content (AvgIpc) is 3.23. The van der Waals surface area contributed by atoms with Crippen molar-refractivity contribution < 1.29 is 48.7 Å². The molecule has 0 unspecified atom stereocenters. The van der Waals surface area contributed by atoms with Crippen LogP contribution < -0.4 is 10.6 Å². The highest BCUT2D eigenvalue weighted by Gasteiger charge is 2.28. The van der Waals surface area contributed by atoms with Crippen molar-refractivity contribution in [3.63, 3.8) is 0 Å². The Morgan fingerprint density at radius 3 is 1.09 bits per heavy atom. The summed E-state index contributed by atoms with van der Waals surface area (Å²) in [6, 6.07) is 0. The summed E-state index contributed by atoms with van der Waals surface area (Å²) >= 11 is 0. The number of hydrogen-bond acceptors (Lipinski definition) is 11. The van der Waals surface area contributed by atoms with Gasteiger partial charge in [0.05, 0.1) is 0 Å². The maximum atomic E-state index is 11.8. The fraction of sp³-hybridized carbons (Fsp3) is 0.920. The number of hydrogen-bond donors (Lipinski definition) is 5. The van der Waals surface area contributed by atoms with Crippen LogP contribution in [0.2, 0.25) is 0 Å². The van der Waals surface area contributed by atoms with E-state index in [9.17, 15) is 19.2 Å². The normalized spacial score (nSPS) is 26.1. The van der Waals surface area contributed by atoms with Crippen molar-refractivity contribution in [2.75, 3.05) is 67.1 Å². The average molecular weight is 913 g/mol. The first-order valence-corrected chi connectivity index (χ1v) is 24.7. The number of nitrogens with zero attached hydrogens (tertiary/aromatic N) is 2. The number of amides is 3. The fourth-order valence-corrected chi connectivity index (χ4v) is 8.77. The van der Waals surface area contributed by atoms with Crippen LogP contribution in [0.1, 0.15) is 165 Å². The number of rotatable bonds is 12. The summed E-state index contributed by atoms with van der Waals surface area (Å²) in [4.78, 5) is 49.1. The molecule has 4 rings (SSSR count). The molecule has 376 valence electrons. The van der Waals surface area contributed by atoms with E-state index >= 15 is 0 Å². The Morgan fingerprint density at radius 1 is 0.500 bits per heavy atom. The SMILES string of the molecule is CC(C)(C)OC(=O)NCC1CCC(CO)CC1.CN(CC1CCC(C=O)CC1)C(=O)OC(C)(C)C.CN(CC1CCC(CO)CC1)C(=O)OC(C)(C)C.CNCC1CCC(CO)CC1. The summed E-state index contributed by atoms with van der Waals surface area (Å²) in [7, 11) is 5.59. The van der Waals surface area contributed by atoms with Crippen molar-refractivity contribution in [1.82, 2.24) is 20.4 Å². The van der Waals surface area contributed by atoms with E-state index in [0.717, 1.165) is 109 Å². The standard InChI is InChI=1S/C14H27NO3.C14H25NO3.C13H25NO3.C9H19NO/c2*1-14(2,3)18-13(17)15(4)9-11-5-7-12(10-16)8-6-11;1-13(2,3)17-12(16)14-8-10-4-6-11(9-15)7-5-10;1-10-6-8-2-4-9(7-11)5-3-8/h11-12,16H,5-10H2,1-4H3;10-12H,5-9H2,1-4H3;10-11,15H,4-9H2,1-3H3,(H,14,16);8-11H,2-7H2,1H3. The number of carbonyl (C=O) groups is 4. The van der Waals surface area contributed by atoms with E-state index in [2.05, 4.69) is 10.6 Å². The summed E-state index contributed by atoms with van der Waals surface area (Å²) in [6.07, 6.45) is 17.9. The van der Waals surface area contributed by atoms with Crippen LogP contribution in [-0.2, 0) is 19.0 Å². The lowest BCUT2D eigenvalue weighted by atomic mass is 9.82. The van der Waals surface area contributed by atoms with Crippen LogP contribution in [0.25, 0.3) is 0 Å². The van der Waals surface area contributed by atoms with Crippen LogP contribution >= 0.6 is 0 Å². The molecular formula is C50H96N4O10. The van der Waals surface area contributed by atoms with E-state index in [0.29, 0.717) is 61.9 Å². The van der Waals surface area contributed by atoms with Crippen molar-refractivity contribution in [3.8, 4) is 0 Å². The van der Waals surface area contributed by atoms with Crippen LogP contribution in [-0.4, -0.2) is 134 Å². The third-order valence-electron chi connectivity index (χ3n) is 12.7. The van der Waals surface area contributed by atoms with Gasteiger partial charge in [0.2, 0.25) is 0 Å². The lowest BCUT2D eigenvalue weighted by molar-refractivity contribution is -0.112. The predicted molar refractivity (Wildman–Crippen MR) is 255 cm³/mol. The molecule has 3 amide bonds. The minimum Gasteiger partial charge on any atom is -0.444 e. The van der Waals surface area contributed by atoms with Gasteiger partial charge in [-0.2, -0.15) is 0 Å². The number of aliphatic hydroxyl groups excluding tert-OH is 3. The number of aliphatic hydroxyl groups is 3. The van der Waals surface area contributed by atoms with Crippen molar-refractivity contribution in [3.05, 3.63) is 0 Å². The van der Waals surface area contributed by atoms with Crippen LogP contribution in [0.3, 0.4) is 0 Å².